The van der Waals surface area contributed by atoms with E-state index in [4.69, 9.17) is 11.6 Å². The van der Waals surface area contributed by atoms with Crippen molar-refractivity contribution in [2.45, 2.75) is 6.54 Å². The van der Waals surface area contributed by atoms with E-state index in [1.165, 1.54) is 21.7 Å². The van der Waals surface area contributed by atoms with Crippen molar-refractivity contribution >= 4 is 28.4 Å². The Kier molecular flexibility index (Phi) is 4.55. The van der Waals surface area contributed by atoms with Crippen molar-refractivity contribution in [1.29, 1.82) is 0 Å². The lowest BCUT2D eigenvalue weighted by molar-refractivity contribution is 0.0776. The van der Waals surface area contributed by atoms with Crippen LogP contribution >= 0.6 is 11.6 Å². The molecule has 0 saturated heterocycles. The van der Waals surface area contributed by atoms with Crippen molar-refractivity contribution in [3.63, 3.8) is 0 Å². The smallest absolute Gasteiger partial charge is 0.278 e. The molecule has 0 fully saturated rings. The van der Waals surface area contributed by atoms with E-state index in [1.807, 2.05) is 0 Å². The molecule has 3 rings (SSSR count). The fraction of sp³-hybridized carbons (Fsp3) is 0.167. The number of hydrogen-bond acceptors (Lipinski definition) is 3. The molecule has 0 atom stereocenters. The van der Waals surface area contributed by atoms with Crippen LogP contribution in [-0.4, -0.2) is 27.6 Å². The predicted molar refractivity (Wildman–Crippen MR) is 94.2 cm³/mol. The van der Waals surface area contributed by atoms with E-state index in [1.54, 1.807) is 38.4 Å². The Bertz CT molecular complexity index is 1020. The number of nitrogens with zero attached hydrogens (tertiary/aromatic N) is 3. The van der Waals surface area contributed by atoms with E-state index in [9.17, 15) is 14.0 Å². The van der Waals surface area contributed by atoms with Gasteiger partial charge in [0.1, 0.15) is 5.82 Å². The summed E-state index contributed by atoms with van der Waals surface area (Å²) >= 11 is 5.85. The van der Waals surface area contributed by atoms with Crippen LogP contribution in [0.2, 0.25) is 5.02 Å². The molecule has 0 spiro atoms. The molecule has 3 aromatic rings. The molecule has 1 amide bonds. The second-order valence-electron chi connectivity index (χ2n) is 5.75. The van der Waals surface area contributed by atoms with Gasteiger partial charge < -0.3 is 4.90 Å². The quantitative estimate of drug-likeness (QED) is 0.722. The van der Waals surface area contributed by atoms with Crippen LogP contribution in [0.4, 0.5) is 4.39 Å². The van der Waals surface area contributed by atoms with Crippen LogP contribution in [0, 0.1) is 5.82 Å². The van der Waals surface area contributed by atoms with Gasteiger partial charge in [0.15, 0.2) is 5.69 Å². The maximum Gasteiger partial charge on any atom is 0.278 e. The topological polar surface area (TPSA) is 55.2 Å². The molecule has 7 heteroatoms. The number of hydrogen-bond donors (Lipinski definition) is 0. The molecule has 1 heterocycles. The third kappa shape index (κ3) is 3.39. The van der Waals surface area contributed by atoms with Crippen molar-refractivity contribution in [3.05, 3.63) is 74.8 Å². The molecule has 128 valence electrons. The van der Waals surface area contributed by atoms with Crippen LogP contribution in [0.25, 0.3) is 10.9 Å². The lowest BCUT2D eigenvalue weighted by atomic mass is 10.1. The van der Waals surface area contributed by atoms with Gasteiger partial charge >= 0.3 is 0 Å². The summed E-state index contributed by atoms with van der Waals surface area (Å²) < 4.78 is 14.9. The molecule has 0 unspecified atom stereocenters. The van der Waals surface area contributed by atoms with Crippen molar-refractivity contribution in [1.82, 2.24) is 14.7 Å². The van der Waals surface area contributed by atoms with Gasteiger partial charge in [-0.05, 0) is 35.9 Å². The summed E-state index contributed by atoms with van der Waals surface area (Å²) in [5.41, 5.74) is 0.504. The second-order valence-corrected chi connectivity index (χ2v) is 6.19. The molecule has 0 bridgehead atoms. The molecular formula is C18H15ClFN3O2. The minimum atomic E-state index is -0.583. The van der Waals surface area contributed by atoms with Crippen molar-refractivity contribution in [2.75, 3.05) is 7.05 Å². The van der Waals surface area contributed by atoms with E-state index in [0.717, 1.165) is 11.6 Å². The van der Waals surface area contributed by atoms with Gasteiger partial charge in [-0.15, -0.1) is 0 Å². The van der Waals surface area contributed by atoms with Gasteiger partial charge in [-0.1, -0.05) is 23.7 Å². The summed E-state index contributed by atoms with van der Waals surface area (Å²) in [4.78, 5) is 26.6. The number of aryl methyl sites for hydroxylation is 1. The SMILES string of the molecule is CN(Cc1ccc(Cl)cc1)C(=O)c1nn(C)c2ccc(F)cc2c1=O. The number of aromatic nitrogens is 2. The summed E-state index contributed by atoms with van der Waals surface area (Å²) in [6, 6.07) is 10.9. The highest BCUT2D eigenvalue weighted by molar-refractivity contribution is 6.30. The first-order chi connectivity index (χ1) is 11.9. The number of carbonyl (C=O) groups excluding carboxylic acids is 1. The Labute approximate surface area is 148 Å². The summed E-state index contributed by atoms with van der Waals surface area (Å²) in [6.45, 7) is 0.294. The lowest BCUT2D eigenvalue weighted by Gasteiger charge is -2.17. The van der Waals surface area contributed by atoms with Gasteiger partial charge in [-0.3, -0.25) is 14.3 Å². The van der Waals surface area contributed by atoms with Crippen molar-refractivity contribution in [3.8, 4) is 0 Å². The summed E-state index contributed by atoms with van der Waals surface area (Å²) in [7, 11) is 3.18. The number of halogens is 2. The predicted octanol–water partition coefficient (Wildman–Crippen LogP) is 3.00. The van der Waals surface area contributed by atoms with Crippen LogP contribution in [0.3, 0.4) is 0 Å². The van der Waals surface area contributed by atoms with E-state index in [2.05, 4.69) is 5.10 Å². The molecule has 1 aromatic heterocycles. The second kappa shape index (κ2) is 6.64. The Morgan fingerprint density at radius 2 is 1.92 bits per heavy atom. The highest BCUT2D eigenvalue weighted by Gasteiger charge is 2.20. The first-order valence-corrected chi connectivity index (χ1v) is 7.91. The molecule has 0 aliphatic heterocycles. The molecule has 0 radical (unpaired) electrons. The Morgan fingerprint density at radius 3 is 2.60 bits per heavy atom. The lowest BCUT2D eigenvalue weighted by Crippen LogP contribution is -2.33. The van der Waals surface area contributed by atoms with Gasteiger partial charge in [0.2, 0.25) is 5.43 Å². The maximum absolute atomic E-state index is 13.5. The molecular weight excluding hydrogens is 345 g/mol. The van der Waals surface area contributed by atoms with Crippen LogP contribution in [0.15, 0.2) is 47.3 Å². The van der Waals surface area contributed by atoms with Gasteiger partial charge in [-0.25, -0.2) is 4.39 Å². The van der Waals surface area contributed by atoms with Gasteiger partial charge in [-0.2, -0.15) is 5.10 Å². The van der Waals surface area contributed by atoms with Crippen LogP contribution in [0.5, 0.6) is 0 Å². The largest absolute Gasteiger partial charge is 0.336 e. The average Bonchev–Trinajstić information content (AvgIpc) is 2.59. The Hall–Kier alpha value is -2.73. The molecule has 2 aromatic carbocycles. The molecule has 0 aliphatic rings. The van der Waals surface area contributed by atoms with Crippen LogP contribution in [0.1, 0.15) is 16.1 Å². The van der Waals surface area contributed by atoms with Gasteiger partial charge in [0.25, 0.3) is 5.91 Å². The van der Waals surface area contributed by atoms with Crippen LogP contribution < -0.4 is 5.43 Å². The standard InChI is InChI=1S/C18H15ClFN3O2/c1-22(10-11-3-5-12(19)6-4-11)18(25)16-17(24)14-9-13(20)7-8-15(14)23(2)21-16/h3-9H,10H2,1-2H3. The average molecular weight is 360 g/mol. The molecule has 0 saturated carbocycles. The normalized spacial score (nSPS) is 10.9. The van der Waals surface area contributed by atoms with Crippen molar-refractivity contribution in [2.24, 2.45) is 7.05 Å². The minimum absolute atomic E-state index is 0.126. The number of fused-ring (bicyclic) bond motifs is 1. The van der Waals surface area contributed by atoms with Gasteiger partial charge in [0, 0.05) is 25.7 Å². The molecule has 0 N–H and O–H groups in total. The molecule has 5 nitrogen and oxygen atoms in total. The summed E-state index contributed by atoms with van der Waals surface area (Å²) in [5.74, 6) is -1.06. The van der Waals surface area contributed by atoms with E-state index in [-0.39, 0.29) is 11.1 Å². The fourth-order valence-corrected chi connectivity index (χ4v) is 2.73. The number of carbonyl (C=O) groups is 1. The number of amides is 1. The number of rotatable bonds is 3. The summed E-state index contributed by atoms with van der Waals surface area (Å²) in [6.07, 6.45) is 0. The third-order valence-electron chi connectivity index (χ3n) is 3.90. The highest BCUT2D eigenvalue weighted by Crippen LogP contribution is 2.14. The van der Waals surface area contributed by atoms with E-state index < -0.39 is 17.2 Å². The van der Waals surface area contributed by atoms with Crippen LogP contribution in [-0.2, 0) is 13.6 Å². The Morgan fingerprint density at radius 1 is 1.24 bits per heavy atom. The zero-order valence-electron chi connectivity index (χ0n) is 13.7. The highest BCUT2D eigenvalue weighted by atomic mass is 35.5. The third-order valence-corrected chi connectivity index (χ3v) is 4.15. The zero-order valence-corrected chi connectivity index (χ0v) is 14.4. The Balaban J connectivity index is 1.97. The maximum atomic E-state index is 13.5. The zero-order chi connectivity index (χ0) is 18.1. The molecule has 25 heavy (non-hydrogen) atoms. The van der Waals surface area contributed by atoms with E-state index >= 15 is 0 Å². The minimum Gasteiger partial charge on any atom is -0.336 e. The number of benzene rings is 2. The summed E-state index contributed by atoms with van der Waals surface area (Å²) in [5, 5.41) is 4.80. The fourth-order valence-electron chi connectivity index (χ4n) is 2.61. The van der Waals surface area contributed by atoms with Gasteiger partial charge in [0.05, 0.1) is 10.9 Å². The first kappa shape index (κ1) is 17.1. The molecule has 0 aliphatic carbocycles. The van der Waals surface area contributed by atoms with Crippen molar-refractivity contribution < 1.29 is 9.18 Å². The van der Waals surface area contributed by atoms with E-state index in [0.29, 0.717) is 17.1 Å². The first-order valence-electron chi connectivity index (χ1n) is 7.53. The monoisotopic (exact) mass is 359 g/mol.